The minimum absolute atomic E-state index is 0.264. The lowest BCUT2D eigenvalue weighted by atomic mass is 10.2. The van der Waals surface area contributed by atoms with E-state index in [0.29, 0.717) is 25.0 Å². The number of rotatable bonds is 7. The van der Waals surface area contributed by atoms with Gasteiger partial charge in [-0.15, -0.1) is 0 Å². The molecule has 1 rings (SSSR count). The SMILES string of the molecule is CCC(=O)CCCOc1ccc(C=O)cc1. The lowest BCUT2D eigenvalue weighted by Gasteiger charge is -2.05. The van der Waals surface area contributed by atoms with Crippen LogP contribution in [-0.4, -0.2) is 18.7 Å². The van der Waals surface area contributed by atoms with Gasteiger partial charge in [0.2, 0.25) is 0 Å². The number of carbonyl (C=O) groups is 2. The first-order valence-electron chi connectivity index (χ1n) is 5.46. The van der Waals surface area contributed by atoms with Gasteiger partial charge in [0, 0.05) is 18.4 Å². The first-order valence-corrected chi connectivity index (χ1v) is 5.46. The Morgan fingerprint density at radius 1 is 1.31 bits per heavy atom. The molecule has 0 amide bonds. The van der Waals surface area contributed by atoms with E-state index in [-0.39, 0.29) is 5.78 Å². The summed E-state index contributed by atoms with van der Waals surface area (Å²) in [5, 5.41) is 0. The predicted octanol–water partition coefficient (Wildman–Crippen LogP) is 2.64. The number of ketones is 1. The van der Waals surface area contributed by atoms with Gasteiger partial charge in [-0.25, -0.2) is 0 Å². The van der Waals surface area contributed by atoms with E-state index < -0.39 is 0 Å². The maximum absolute atomic E-state index is 11.0. The van der Waals surface area contributed by atoms with Gasteiger partial charge in [0.1, 0.15) is 17.8 Å². The highest BCUT2D eigenvalue weighted by Crippen LogP contribution is 2.11. The molecule has 0 bridgehead atoms. The van der Waals surface area contributed by atoms with E-state index in [4.69, 9.17) is 4.74 Å². The monoisotopic (exact) mass is 220 g/mol. The Labute approximate surface area is 95.4 Å². The normalized spacial score (nSPS) is 9.81. The number of hydrogen-bond donors (Lipinski definition) is 0. The summed E-state index contributed by atoms with van der Waals surface area (Å²) in [7, 11) is 0. The molecule has 0 aliphatic rings. The second kappa shape index (κ2) is 6.77. The van der Waals surface area contributed by atoms with Crippen LogP contribution in [0.4, 0.5) is 0 Å². The Morgan fingerprint density at radius 3 is 2.56 bits per heavy atom. The Balaban J connectivity index is 2.26. The van der Waals surface area contributed by atoms with Crippen molar-refractivity contribution in [3.8, 4) is 5.75 Å². The van der Waals surface area contributed by atoms with Gasteiger partial charge in [-0.2, -0.15) is 0 Å². The lowest BCUT2D eigenvalue weighted by molar-refractivity contribution is -0.118. The van der Waals surface area contributed by atoms with E-state index >= 15 is 0 Å². The molecule has 0 saturated carbocycles. The maximum atomic E-state index is 11.0. The number of aldehydes is 1. The highest BCUT2D eigenvalue weighted by atomic mass is 16.5. The Bertz CT molecular complexity index is 341. The largest absolute Gasteiger partial charge is 0.494 e. The van der Waals surface area contributed by atoms with E-state index in [2.05, 4.69) is 0 Å². The quantitative estimate of drug-likeness (QED) is 0.524. The van der Waals surface area contributed by atoms with Crippen LogP contribution in [0.15, 0.2) is 24.3 Å². The summed E-state index contributed by atoms with van der Waals surface area (Å²) in [5.74, 6) is 0.995. The molecule has 0 heterocycles. The molecule has 86 valence electrons. The molecule has 3 nitrogen and oxygen atoms in total. The van der Waals surface area contributed by atoms with Crippen molar-refractivity contribution in [2.24, 2.45) is 0 Å². The lowest BCUT2D eigenvalue weighted by Crippen LogP contribution is -2.02. The minimum Gasteiger partial charge on any atom is -0.494 e. The molecule has 0 radical (unpaired) electrons. The van der Waals surface area contributed by atoms with Gasteiger partial charge >= 0.3 is 0 Å². The molecule has 0 saturated heterocycles. The fraction of sp³-hybridized carbons (Fsp3) is 0.385. The molecular formula is C13H16O3. The second-order valence-corrected chi connectivity index (χ2v) is 3.53. The number of Topliss-reactive ketones (excluding diaryl/α,β-unsaturated/α-hetero) is 1. The molecule has 0 spiro atoms. The van der Waals surface area contributed by atoms with E-state index in [1.807, 2.05) is 6.92 Å². The van der Waals surface area contributed by atoms with Crippen LogP contribution in [0.3, 0.4) is 0 Å². The molecular weight excluding hydrogens is 204 g/mol. The Hall–Kier alpha value is -1.64. The highest BCUT2D eigenvalue weighted by molar-refractivity contribution is 5.77. The third kappa shape index (κ3) is 4.26. The molecule has 0 aromatic heterocycles. The average Bonchev–Trinajstić information content (AvgIpc) is 2.35. The summed E-state index contributed by atoms with van der Waals surface area (Å²) in [6.07, 6.45) is 2.70. The van der Waals surface area contributed by atoms with Gasteiger partial charge in [0.25, 0.3) is 0 Å². The predicted molar refractivity (Wildman–Crippen MR) is 61.9 cm³/mol. The summed E-state index contributed by atoms with van der Waals surface area (Å²) < 4.78 is 5.43. The van der Waals surface area contributed by atoms with Gasteiger partial charge in [0.05, 0.1) is 6.61 Å². The standard InChI is InChI=1S/C13H16O3/c1-2-12(15)4-3-9-16-13-7-5-11(10-14)6-8-13/h5-8,10H,2-4,9H2,1H3. The third-order valence-corrected chi connectivity index (χ3v) is 2.28. The molecule has 3 heteroatoms. The van der Waals surface area contributed by atoms with E-state index in [1.165, 1.54) is 0 Å². The van der Waals surface area contributed by atoms with Gasteiger partial charge in [-0.1, -0.05) is 6.92 Å². The van der Waals surface area contributed by atoms with E-state index in [1.54, 1.807) is 24.3 Å². The van der Waals surface area contributed by atoms with Crippen molar-refractivity contribution in [2.75, 3.05) is 6.61 Å². The van der Waals surface area contributed by atoms with Crippen molar-refractivity contribution in [2.45, 2.75) is 26.2 Å². The van der Waals surface area contributed by atoms with Gasteiger partial charge in [-0.3, -0.25) is 9.59 Å². The molecule has 0 N–H and O–H groups in total. The first-order chi connectivity index (χ1) is 7.76. The molecule has 16 heavy (non-hydrogen) atoms. The zero-order chi connectivity index (χ0) is 11.8. The first kappa shape index (κ1) is 12.4. The fourth-order valence-corrected chi connectivity index (χ4v) is 1.28. The van der Waals surface area contributed by atoms with Crippen LogP contribution >= 0.6 is 0 Å². The molecule has 0 fully saturated rings. The maximum Gasteiger partial charge on any atom is 0.150 e. The molecule has 1 aromatic rings. The van der Waals surface area contributed by atoms with E-state index in [0.717, 1.165) is 18.5 Å². The smallest absolute Gasteiger partial charge is 0.150 e. The Kier molecular flexibility index (Phi) is 5.26. The van der Waals surface area contributed by atoms with Crippen molar-refractivity contribution >= 4 is 12.1 Å². The average molecular weight is 220 g/mol. The third-order valence-electron chi connectivity index (χ3n) is 2.28. The molecule has 0 aliphatic carbocycles. The van der Waals surface area contributed by atoms with Crippen LogP contribution in [0.1, 0.15) is 36.5 Å². The number of benzene rings is 1. The summed E-state index contributed by atoms with van der Waals surface area (Å²) in [4.78, 5) is 21.4. The summed E-state index contributed by atoms with van der Waals surface area (Å²) in [6, 6.07) is 6.93. The van der Waals surface area contributed by atoms with Gasteiger partial charge < -0.3 is 4.74 Å². The summed E-state index contributed by atoms with van der Waals surface area (Å²) in [5.41, 5.74) is 0.633. The number of carbonyl (C=O) groups excluding carboxylic acids is 2. The minimum atomic E-state index is 0.264. The fourth-order valence-electron chi connectivity index (χ4n) is 1.28. The zero-order valence-electron chi connectivity index (χ0n) is 9.44. The molecule has 0 unspecified atom stereocenters. The van der Waals surface area contributed by atoms with Crippen LogP contribution in [0.2, 0.25) is 0 Å². The number of hydrogen-bond acceptors (Lipinski definition) is 3. The topological polar surface area (TPSA) is 43.4 Å². The van der Waals surface area contributed by atoms with Crippen LogP contribution in [0.25, 0.3) is 0 Å². The van der Waals surface area contributed by atoms with E-state index in [9.17, 15) is 9.59 Å². The van der Waals surface area contributed by atoms with Crippen molar-refractivity contribution in [1.29, 1.82) is 0 Å². The van der Waals surface area contributed by atoms with Gasteiger partial charge in [-0.05, 0) is 30.7 Å². The van der Waals surface area contributed by atoms with Crippen molar-refractivity contribution in [3.63, 3.8) is 0 Å². The van der Waals surface area contributed by atoms with Crippen molar-refractivity contribution in [1.82, 2.24) is 0 Å². The van der Waals surface area contributed by atoms with Crippen LogP contribution in [-0.2, 0) is 4.79 Å². The molecule has 0 atom stereocenters. The summed E-state index contributed by atoms with van der Waals surface area (Å²) >= 11 is 0. The van der Waals surface area contributed by atoms with Crippen molar-refractivity contribution in [3.05, 3.63) is 29.8 Å². The molecule has 1 aromatic carbocycles. The Morgan fingerprint density at radius 2 is 2.00 bits per heavy atom. The molecule has 0 aliphatic heterocycles. The van der Waals surface area contributed by atoms with Crippen LogP contribution < -0.4 is 4.74 Å². The van der Waals surface area contributed by atoms with Gasteiger partial charge in [0.15, 0.2) is 0 Å². The zero-order valence-corrected chi connectivity index (χ0v) is 9.44. The highest BCUT2D eigenvalue weighted by Gasteiger charge is 1.99. The second-order valence-electron chi connectivity index (χ2n) is 3.53. The number of ether oxygens (including phenoxy) is 1. The van der Waals surface area contributed by atoms with Crippen molar-refractivity contribution < 1.29 is 14.3 Å². The van der Waals surface area contributed by atoms with Crippen LogP contribution in [0.5, 0.6) is 5.75 Å². The van der Waals surface area contributed by atoms with Crippen LogP contribution in [0, 0.1) is 0 Å². The summed E-state index contributed by atoms with van der Waals surface area (Å²) in [6.45, 7) is 2.40.